The lowest BCUT2D eigenvalue weighted by Gasteiger charge is -2.34. The molecule has 5 nitrogen and oxygen atoms in total. The van der Waals surface area contributed by atoms with Crippen LogP contribution in [0.2, 0.25) is 0 Å². The number of halogens is 1. The van der Waals surface area contributed by atoms with Crippen molar-refractivity contribution in [2.24, 2.45) is 5.73 Å². The van der Waals surface area contributed by atoms with Gasteiger partial charge in [0.15, 0.2) is 9.84 Å². The van der Waals surface area contributed by atoms with Crippen LogP contribution < -0.4 is 5.73 Å². The topological polar surface area (TPSA) is 86.5 Å². The Bertz CT molecular complexity index is 555. The minimum Gasteiger partial charge on any atom is -0.445 e. The smallest absolute Gasteiger partial charge is 0.404 e. The van der Waals surface area contributed by atoms with Gasteiger partial charge < -0.3 is 10.5 Å². The van der Waals surface area contributed by atoms with Gasteiger partial charge in [0.05, 0.1) is 4.90 Å². The van der Waals surface area contributed by atoms with E-state index in [9.17, 15) is 17.6 Å². The van der Waals surface area contributed by atoms with Crippen LogP contribution in [0.3, 0.4) is 0 Å². The Balaban J connectivity index is 2.21. The predicted molar refractivity (Wildman–Crippen MR) is 61.1 cm³/mol. The molecule has 0 saturated heterocycles. The van der Waals surface area contributed by atoms with Crippen LogP contribution in [0, 0.1) is 5.82 Å². The van der Waals surface area contributed by atoms with Gasteiger partial charge in [-0.3, -0.25) is 0 Å². The van der Waals surface area contributed by atoms with Gasteiger partial charge in [-0.15, -0.1) is 0 Å². The summed E-state index contributed by atoms with van der Waals surface area (Å²) in [6, 6.07) is 4.56. The summed E-state index contributed by atoms with van der Waals surface area (Å²) in [6.07, 6.45) is -0.831. The van der Waals surface area contributed by atoms with Gasteiger partial charge in [0, 0.05) is 0 Å². The first-order valence-corrected chi connectivity index (χ1v) is 6.91. The molecule has 0 heterocycles. The van der Waals surface area contributed by atoms with Crippen molar-refractivity contribution in [1.82, 2.24) is 0 Å². The molecule has 1 aliphatic rings. The first-order valence-electron chi connectivity index (χ1n) is 5.37. The Hall–Kier alpha value is -1.63. The van der Waals surface area contributed by atoms with Crippen LogP contribution in [-0.2, 0) is 14.6 Å². The Morgan fingerprint density at radius 1 is 1.28 bits per heavy atom. The summed E-state index contributed by atoms with van der Waals surface area (Å²) in [5, 5.41) is -0.796. The minimum atomic E-state index is -3.61. The zero-order valence-electron chi connectivity index (χ0n) is 9.37. The number of carbonyl (C=O) groups excluding carboxylic acids is 1. The first kappa shape index (κ1) is 12.8. The van der Waals surface area contributed by atoms with Gasteiger partial charge in [-0.05, 0) is 37.1 Å². The molecule has 2 atom stereocenters. The average Bonchev–Trinajstić information content (AvgIpc) is 2.24. The van der Waals surface area contributed by atoms with E-state index in [1.54, 1.807) is 0 Å². The lowest BCUT2D eigenvalue weighted by molar-refractivity contribution is 0.0622. The highest BCUT2D eigenvalue weighted by Gasteiger charge is 2.44. The first-order chi connectivity index (χ1) is 8.41. The fraction of sp³-hybridized carbons (Fsp3) is 0.364. The lowest BCUT2D eigenvalue weighted by Crippen LogP contribution is -2.46. The Kier molecular flexibility index (Phi) is 3.25. The maximum absolute atomic E-state index is 12.7. The van der Waals surface area contributed by atoms with E-state index >= 15 is 0 Å². The monoisotopic (exact) mass is 273 g/mol. The number of benzene rings is 1. The Morgan fingerprint density at radius 2 is 1.89 bits per heavy atom. The second-order valence-electron chi connectivity index (χ2n) is 4.09. The normalized spacial score (nSPS) is 23.2. The molecule has 0 aromatic heterocycles. The van der Waals surface area contributed by atoms with Crippen LogP contribution >= 0.6 is 0 Å². The minimum absolute atomic E-state index is 0.0201. The third kappa shape index (κ3) is 2.31. The molecule has 0 radical (unpaired) electrons. The van der Waals surface area contributed by atoms with Crippen molar-refractivity contribution in [2.45, 2.75) is 29.1 Å². The van der Waals surface area contributed by atoms with Crippen LogP contribution in [0.5, 0.6) is 0 Å². The SMILES string of the molecule is NC(=O)OC1CCC1S(=O)(=O)c1ccc(F)cc1. The van der Waals surface area contributed by atoms with E-state index in [4.69, 9.17) is 10.5 Å². The van der Waals surface area contributed by atoms with Crippen molar-refractivity contribution >= 4 is 15.9 Å². The summed E-state index contributed by atoms with van der Waals surface area (Å²) in [6.45, 7) is 0. The van der Waals surface area contributed by atoms with Gasteiger partial charge in [0.2, 0.25) is 0 Å². The molecular formula is C11H12FNO4S. The summed E-state index contributed by atoms with van der Waals surface area (Å²) >= 11 is 0. The van der Waals surface area contributed by atoms with Crippen LogP contribution in [0.1, 0.15) is 12.8 Å². The van der Waals surface area contributed by atoms with E-state index in [0.717, 1.165) is 12.1 Å². The van der Waals surface area contributed by atoms with Crippen molar-refractivity contribution in [2.75, 3.05) is 0 Å². The molecule has 1 aromatic carbocycles. The van der Waals surface area contributed by atoms with E-state index in [0.29, 0.717) is 12.8 Å². The zero-order chi connectivity index (χ0) is 13.3. The van der Waals surface area contributed by atoms with Crippen molar-refractivity contribution in [1.29, 1.82) is 0 Å². The number of carbonyl (C=O) groups is 1. The van der Waals surface area contributed by atoms with Gasteiger partial charge in [0.1, 0.15) is 17.2 Å². The standard InChI is InChI=1S/C11H12FNO4S/c12-7-1-3-8(4-2-7)18(15,16)10-6-5-9(10)17-11(13)14/h1-4,9-10H,5-6H2,(H2,13,14). The molecule has 2 rings (SSSR count). The highest BCUT2D eigenvalue weighted by molar-refractivity contribution is 7.92. The number of hydrogen-bond acceptors (Lipinski definition) is 4. The van der Waals surface area contributed by atoms with Gasteiger partial charge in [-0.2, -0.15) is 0 Å². The van der Waals surface area contributed by atoms with Crippen LogP contribution in [-0.4, -0.2) is 25.9 Å². The second kappa shape index (κ2) is 4.56. The summed E-state index contributed by atoms with van der Waals surface area (Å²) in [5.74, 6) is -0.507. The highest BCUT2D eigenvalue weighted by Crippen LogP contribution is 2.33. The molecular weight excluding hydrogens is 261 g/mol. The zero-order valence-corrected chi connectivity index (χ0v) is 10.2. The fourth-order valence-corrected chi connectivity index (χ4v) is 3.78. The maximum atomic E-state index is 12.7. The summed E-state index contributed by atoms with van der Waals surface area (Å²) in [7, 11) is -3.61. The highest BCUT2D eigenvalue weighted by atomic mass is 32.2. The van der Waals surface area contributed by atoms with Gasteiger partial charge in [0.25, 0.3) is 0 Å². The maximum Gasteiger partial charge on any atom is 0.404 e. The van der Waals surface area contributed by atoms with Gasteiger partial charge in [-0.25, -0.2) is 17.6 Å². The van der Waals surface area contributed by atoms with Crippen molar-refractivity contribution in [3.8, 4) is 0 Å². The Labute approximate surface area is 104 Å². The molecule has 0 spiro atoms. The lowest BCUT2D eigenvalue weighted by atomic mass is 9.95. The van der Waals surface area contributed by atoms with Crippen LogP contribution in [0.4, 0.5) is 9.18 Å². The predicted octanol–water partition coefficient (Wildman–Crippen LogP) is 1.23. The molecule has 2 unspecified atom stereocenters. The summed E-state index contributed by atoms with van der Waals surface area (Å²) in [4.78, 5) is 10.6. The number of ether oxygens (including phenoxy) is 1. The molecule has 0 bridgehead atoms. The largest absolute Gasteiger partial charge is 0.445 e. The summed E-state index contributed by atoms with van der Waals surface area (Å²) in [5.41, 5.74) is 4.86. The number of amides is 1. The third-order valence-electron chi connectivity index (χ3n) is 2.96. The molecule has 0 aliphatic heterocycles. The number of sulfone groups is 1. The molecule has 98 valence electrons. The van der Waals surface area contributed by atoms with Crippen molar-refractivity contribution in [3.63, 3.8) is 0 Å². The molecule has 1 aliphatic carbocycles. The third-order valence-corrected chi connectivity index (χ3v) is 5.22. The number of hydrogen-bond donors (Lipinski definition) is 1. The molecule has 2 N–H and O–H groups in total. The molecule has 1 amide bonds. The quantitative estimate of drug-likeness (QED) is 0.839. The van der Waals surface area contributed by atoms with E-state index in [-0.39, 0.29) is 4.90 Å². The van der Waals surface area contributed by atoms with E-state index in [1.165, 1.54) is 12.1 Å². The van der Waals surface area contributed by atoms with Crippen molar-refractivity contribution < 1.29 is 22.3 Å². The van der Waals surface area contributed by atoms with Gasteiger partial charge >= 0.3 is 6.09 Å². The second-order valence-corrected chi connectivity index (χ2v) is 6.26. The van der Waals surface area contributed by atoms with Crippen molar-refractivity contribution in [3.05, 3.63) is 30.1 Å². The molecule has 1 saturated carbocycles. The Morgan fingerprint density at radius 3 is 2.33 bits per heavy atom. The number of rotatable bonds is 3. The van der Waals surface area contributed by atoms with E-state index in [1.807, 2.05) is 0 Å². The molecule has 1 fully saturated rings. The molecule has 18 heavy (non-hydrogen) atoms. The van der Waals surface area contributed by atoms with E-state index < -0.39 is 33.1 Å². The molecule has 7 heteroatoms. The fourth-order valence-electron chi connectivity index (χ4n) is 1.88. The summed E-state index contributed by atoms with van der Waals surface area (Å²) < 4.78 is 41.8. The number of nitrogens with two attached hydrogens (primary N) is 1. The number of primary amides is 1. The molecule has 1 aromatic rings. The van der Waals surface area contributed by atoms with Gasteiger partial charge in [-0.1, -0.05) is 0 Å². The van der Waals surface area contributed by atoms with Crippen LogP contribution in [0.25, 0.3) is 0 Å². The van der Waals surface area contributed by atoms with E-state index in [2.05, 4.69) is 0 Å². The average molecular weight is 273 g/mol. The van der Waals surface area contributed by atoms with Crippen LogP contribution in [0.15, 0.2) is 29.2 Å².